The number of benzene rings is 1. The van der Waals surface area contributed by atoms with Crippen molar-refractivity contribution in [3.05, 3.63) is 35.6 Å². The Bertz CT molecular complexity index is 619. The van der Waals surface area contributed by atoms with E-state index in [9.17, 15) is 0 Å². The molecule has 2 fully saturated rings. The Hall–Kier alpha value is -1.28. The van der Waals surface area contributed by atoms with Crippen LogP contribution in [0.15, 0.2) is 28.7 Å². The van der Waals surface area contributed by atoms with Gasteiger partial charge in [0.05, 0.1) is 0 Å². The molecule has 0 spiro atoms. The summed E-state index contributed by atoms with van der Waals surface area (Å²) in [5.74, 6) is 3.94. The monoisotopic (exact) mass is 269 g/mol. The van der Waals surface area contributed by atoms with Gasteiger partial charge >= 0.3 is 0 Å². The fourth-order valence-electron chi connectivity index (χ4n) is 4.62. The summed E-state index contributed by atoms with van der Waals surface area (Å²) in [6, 6.07) is 8.98. The molecule has 2 saturated carbocycles. The zero-order valence-electron chi connectivity index (χ0n) is 12.4. The Morgan fingerprint density at radius 2 is 2.00 bits per heavy atom. The summed E-state index contributed by atoms with van der Waals surface area (Å²) in [4.78, 5) is 0. The van der Waals surface area contributed by atoms with Crippen molar-refractivity contribution in [2.24, 2.45) is 17.8 Å². The third kappa shape index (κ3) is 1.67. The molecule has 2 nitrogen and oxygen atoms in total. The molecule has 1 aromatic heterocycles. The van der Waals surface area contributed by atoms with Gasteiger partial charge in [-0.3, -0.25) is 0 Å². The predicted molar refractivity (Wildman–Crippen MR) is 81.7 cm³/mol. The molecule has 20 heavy (non-hydrogen) atoms. The molecule has 3 atom stereocenters. The zero-order chi connectivity index (χ0) is 13.7. The van der Waals surface area contributed by atoms with Gasteiger partial charge in [0.15, 0.2) is 0 Å². The number of rotatable bonds is 4. The normalized spacial score (nSPS) is 29.6. The number of hydrogen-bond donors (Lipinski definition) is 1. The van der Waals surface area contributed by atoms with E-state index in [0.717, 1.165) is 29.8 Å². The molecule has 106 valence electrons. The van der Waals surface area contributed by atoms with E-state index < -0.39 is 0 Å². The summed E-state index contributed by atoms with van der Waals surface area (Å²) in [5.41, 5.74) is 2.48. The number of hydrogen-bond acceptors (Lipinski definition) is 2. The van der Waals surface area contributed by atoms with Crippen molar-refractivity contribution < 1.29 is 4.42 Å². The molecular weight excluding hydrogens is 246 g/mol. The second-order valence-corrected chi connectivity index (χ2v) is 6.39. The predicted octanol–water partition coefficient (Wildman–Crippen LogP) is 4.30. The van der Waals surface area contributed by atoms with Gasteiger partial charge in [-0.2, -0.15) is 0 Å². The van der Waals surface area contributed by atoms with Crippen molar-refractivity contribution in [3.8, 4) is 0 Å². The highest BCUT2D eigenvalue weighted by Gasteiger charge is 2.56. The molecular formula is C18H23NO. The van der Waals surface area contributed by atoms with Gasteiger partial charge < -0.3 is 9.73 Å². The van der Waals surface area contributed by atoms with E-state index in [1.165, 1.54) is 36.0 Å². The first-order valence-corrected chi connectivity index (χ1v) is 8.02. The molecule has 2 heteroatoms. The van der Waals surface area contributed by atoms with Crippen molar-refractivity contribution in [2.45, 2.75) is 38.6 Å². The van der Waals surface area contributed by atoms with Gasteiger partial charge in [-0.05, 0) is 43.7 Å². The van der Waals surface area contributed by atoms with E-state index in [4.69, 9.17) is 4.42 Å². The minimum atomic E-state index is 0.476. The van der Waals surface area contributed by atoms with Gasteiger partial charge in [0.1, 0.15) is 11.3 Å². The molecule has 1 aromatic carbocycles. The molecule has 2 aromatic rings. The standard InChI is InChI=1S/C18H23NO/c1-3-14-17(13-7-4-5-10-15(13)20-14)18(19-2)16-11-8-6-9-12(11)16/h4-5,7,10-12,16,18-19H,3,6,8-9H2,1-2H3. The van der Waals surface area contributed by atoms with Crippen LogP contribution in [0.1, 0.15) is 43.6 Å². The van der Waals surface area contributed by atoms with Crippen LogP contribution in [0.2, 0.25) is 0 Å². The van der Waals surface area contributed by atoms with Gasteiger partial charge in [-0.1, -0.05) is 31.5 Å². The number of nitrogens with one attached hydrogen (secondary N) is 1. The number of para-hydroxylation sites is 1. The van der Waals surface area contributed by atoms with Gasteiger partial charge in [0.2, 0.25) is 0 Å². The fourth-order valence-corrected chi connectivity index (χ4v) is 4.62. The van der Waals surface area contributed by atoms with Crippen molar-refractivity contribution in [1.82, 2.24) is 5.32 Å². The molecule has 0 amide bonds. The minimum Gasteiger partial charge on any atom is -0.461 e. The van der Waals surface area contributed by atoms with Crippen LogP contribution in [0.5, 0.6) is 0 Å². The lowest BCUT2D eigenvalue weighted by Crippen LogP contribution is -2.21. The Morgan fingerprint density at radius 1 is 1.25 bits per heavy atom. The maximum atomic E-state index is 6.09. The average Bonchev–Trinajstić information content (AvgIpc) is 2.87. The second kappa shape index (κ2) is 4.63. The molecule has 1 heterocycles. The minimum absolute atomic E-state index is 0.476. The summed E-state index contributed by atoms with van der Waals surface area (Å²) in [7, 11) is 2.11. The maximum absolute atomic E-state index is 6.09. The van der Waals surface area contributed by atoms with Crippen molar-refractivity contribution >= 4 is 11.0 Å². The second-order valence-electron chi connectivity index (χ2n) is 6.39. The molecule has 0 aliphatic heterocycles. The van der Waals surface area contributed by atoms with E-state index in [1.54, 1.807) is 0 Å². The fraction of sp³-hybridized carbons (Fsp3) is 0.556. The SMILES string of the molecule is CCc1oc2ccccc2c1C(NC)C1C2CCCC21. The first kappa shape index (κ1) is 12.5. The van der Waals surface area contributed by atoms with Crippen LogP contribution in [0, 0.1) is 17.8 Å². The van der Waals surface area contributed by atoms with Crippen LogP contribution < -0.4 is 5.32 Å². The topological polar surface area (TPSA) is 25.2 Å². The lowest BCUT2D eigenvalue weighted by Gasteiger charge is -2.19. The average molecular weight is 269 g/mol. The van der Waals surface area contributed by atoms with Gasteiger partial charge in [-0.15, -0.1) is 0 Å². The molecule has 2 aliphatic carbocycles. The van der Waals surface area contributed by atoms with Gasteiger partial charge in [0, 0.05) is 23.4 Å². The first-order chi connectivity index (χ1) is 9.85. The van der Waals surface area contributed by atoms with E-state index in [1.807, 2.05) is 0 Å². The van der Waals surface area contributed by atoms with Gasteiger partial charge in [0.25, 0.3) is 0 Å². The van der Waals surface area contributed by atoms with Crippen LogP contribution in [-0.2, 0) is 6.42 Å². The highest BCUT2D eigenvalue weighted by Crippen LogP contribution is 2.62. The molecule has 3 unspecified atom stereocenters. The van der Waals surface area contributed by atoms with Crippen LogP contribution in [0.25, 0.3) is 11.0 Å². The maximum Gasteiger partial charge on any atom is 0.134 e. The highest BCUT2D eigenvalue weighted by molar-refractivity contribution is 5.83. The Morgan fingerprint density at radius 3 is 2.70 bits per heavy atom. The third-order valence-corrected chi connectivity index (χ3v) is 5.51. The van der Waals surface area contributed by atoms with E-state index in [-0.39, 0.29) is 0 Å². The summed E-state index contributed by atoms with van der Waals surface area (Å²) in [6.45, 7) is 2.20. The molecule has 0 saturated heterocycles. The Labute approximate surface area is 120 Å². The summed E-state index contributed by atoms with van der Waals surface area (Å²) < 4.78 is 6.09. The van der Waals surface area contributed by atoms with Crippen molar-refractivity contribution in [1.29, 1.82) is 0 Å². The number of aryl methyl sites for hydroxylation is 1. The number of furan rings is 1. The van der Waals surface area contributed by atoms with E-state index in [2.05, 4.69) is 43.6 Å². The van der Waals surface area contributed by atoms with Gasteiger partial charge in [-0.25, -0.2) is 0 Å². The Kier molecular flexibility index (Phi) is 2.88. The lowest BCUT2D eigenvalue weighted by atomic mass is 9.94. The lowest BCUT2D eigenvalue weighted by molar-refractivity contribution is 0.433. The van der Waals surface area contributed by atoms with Crippen molar-refractivity contribution in [2.75, 3.05) is 7.05 Å². The molecule has 4 rings (SSSR count). The molecule has 0 bridgehead atoms. The zero-order valence-corrected chi connectivity index (χ0v) is 12.4. The van der Waals surface area contributed by atoms with Crippen molar-refractivity contribution in [3.63, 3.8) is 0 Å². The summed E-state index contributed by atoms with van der Waals surface area (Å²) >= 11 is 0. The first-order valence-electron chi connectivity index (χ1n) is 8.02. The van der Waals surface area contributed by atoms with Crippen LogP contribution in [0.3, 0.4) is 0 Å². The quantitative estimate of drug-likeness (QED) is 0.895. The van der Waals surface area contributed by atoms with Crippen LogP contribution in [-0.4, -0.2) is 7.05 Å². The highest BCUT2D eigenvalue weighted by atomic mass is 16.3. The summed E-state index contributed by atoms with van der Waals surface area (Å²) in [6.07, 6.45) is 5.29. The molecule has 1 N–H and O–H groups in total. The number of fused-ring (bicyclic) bond motifs is 2. The third-order valence-electron chi connectivity index (χ3n) is 5.51. The largest absolute Gasteiger partial charge is 0.461 e. The van der Waals surface area contributed by atoms with E-state index >= 15 is 0 Å². The summed E-state index contributed by atoms with van der Waals surface area (Å²) in [5, 5.41) is 4.92. The molecule has 2 aliphatic rings. The van der Waals surface area contributed by atoms with E-state index in [0.29, 0.717) is 6.04 Å². The Balaban J connectivity index is 1.79. The van der Waals surface area contributed by atoms with Crippen LogP contribution in [0.4, 0.5) is 0 Å². The molecule has 0 radical (unpaired) electrons. The smallest absolute Gasteiger partial charge is 0.134 e. The van der Waals surface area contributed by atoms with Crippen LogP contribution >= 0.6 is 0 Å².